The number of nitrogens with zero attached hydrogens (tertiary/aromatic N) is 2. The molecule has 0 bridgehead atoms. The van der Waals surface area contributed by atoms with E-state index in [-0.39, 0.29) is 11.9 Å². The average Bonchev–Trinajstić information content (AvgIpc) is 2.79. The van der Waals surface area contributed by atoms with Crippen molar-refractivity contribution < 1.29 is 4.79 Å². The molecule has 6 heteroatoms. The third-order valence-electron chi connectivity index (χ3n) is 4.08. The lowest BCUT2D eigenvalue weighted by Crippen LogP contribution is -2.38. The van der Waals surface area contributed by atoms with Crippen LogP contribution in [0.2, 0.25) is 0 Å². The molecule has 1 aliphatic carbocycles. The van der Waals surface area contributed by atoms with Crippen LogP contribution in [0.5, 0.6) is 0 Å². The van der Waals surface area contributed by atoms with Crippen molar-refractivity contribution in [2.45, 2.75) is 39.2 Å². The molecule has 104 valence electrons. The Kier molecular flexibility index (Phi) is 4.31. The van der Waals surface area contributed by atoms with Gasteiger partial charge in [-0.25, -0.2) is 10.8 Å². The third-order valence-corrected chi connectivity index (χ3v) is 4.08. The first-order valence-corrected chi connectivity index (χ1v) is 6.75. The molecule has 0 radical (unpaired) electrons. The van der Waals surface area contributed by atoms with Gasteiger partial charge in [-0.3, -0.25) is 9.78 Å². The summed E-state index contributed by atoms with van der Waals surface area (Å²) in [6.07, 6.45) is 6.31. The number of hydrogen-bond acceptors (Lipinski definition) is 5. The lowest BCUT2D eigenvalue weighted by molar-refractivity contribution is 0.0921. The van der Waals surface area contributed by atoms with E-state index in [1.165, 1.54) is 25.2 Å². The van der Waals surface area contributed by atoms with Crippen LogP contribution in [0.15, 0.2) is 12.4 Å². The van der Waals surface area contributed by atoms with Gasteiger partial charge in [-0.2, -0.15) is 0 Å². The van der Waals surface area contributed by atoms with Crippen LogP contribution in [-0.2, 0) is 0 Å². The van der Waals surface area contributed by atoms with E-state index in [2.05, 4.69) is 34.6 Å². The highest BCUT2D eigenvalue weighted by Crippen LogP contribution is 2.33. The van der Waals surface area contributed by atoms with Gasteiger partial charge in [-0.1, -0.05) is 20.3 Å². The molecule has 1 aromatic rings. The van der Waals surface area contributed by atoms with Crippen LogP contribution in [-0.4, -0.2) is 21.9 Å². The molecule has 0 aliphatic heterocycles. The first-order valence-electron chi connectivity index (χ1n) is 6.75. The predicted molar refractivity (Wildman–Crippen MR) is 73.3 cm³/mol. The molecule has 1 amide bonds. The van der Waals surface area contributed by atoms with E-state index in [9.17, 15) is 4.79 Å². The van der Waals surface area contributed by atoms with Gasteiger partial charge in [0.25, 0.3) is 5.91 Å². The highest BCUT2D eigenvalue weighted by Gasteiger charge is 2.32. The molecule has 0 saturated heterocycles. The number of amides is 1. The number of nitrogens with one attached hydrogen (secondary N) is 2. The Morgan fingerprint density at radius 1 is 1.47 bits per heavy atom. The fraction of sp³-hybridized carbons (Fsp3) is 0.615. The van der Waals surface area contributed by atoms with Gasteiger partial charge in [0.1, 0.15) is 5.69 Å². The van der Waals surface area contributed by atoms with Crippen molar-refractivity contribution in [1.82, 2.24) is 15.3 Å². The van der Waals surface area contributed by atoms with Crippen molar-refractivity contribution in [3.05, 3.63) is 18.1 Å². The second-order valence-corrected chi connectivity index (χ2v) is 5.12. The van der Waals surface area contributed by atoms with Crippen molar-refractivity contribution in [1.29, 1.82) is 0 Å². The van der Waals surface area contributed by atoms with Crippen molar-refractivity contribution in [3.8, 4) is 0 Å². The summed E-state index contributed by atoms with van der Waals surface area (Å²) in [4.78, 5) is 20.1. The minimum Gasteiger partial charge on any atom is -0.348 e. The summed E-state index contributed by atoms with van der Waals surface area (Å²) in [5.41, 5.74) is 2.68. The molecular weight excluding hydrogens is 242 g/mol. The quantitative estimate of drug-likeness (QED) is 0.562. The van der Waals surface area contributed by atoms with Crippen molar-refractivity contribution in [3.63, 3.8) is 0 Å². The Labute approximate surface area is 113 Å². The number of nitrogen functional groups attached to an aromatic ring is 1. The summed E-state index contributed by atoms with van der Waals surface area (Å²) in [6.45, 7) is 4.41. The van der Waals surface area contributed by atoms with Crippen molar-refractivity contribution in [2.75, 3.05) is 5.43 Å². The zero-order valence-corrected chi connectivity index (χ0v) is 11.4. The van der Waals surface area contributed by atoms with E-state index in [4.69, 9.17) is 5.84 Å². The molecule has 3 atom stereocenters. The fourth-order valence-corrected chi connectivity index (χ4v) is 2.81. The molecule has 1 aromatic heterocycles. The Hall–Kier alpha value is -1.69. The van der Waals surface area contributed by atoms with Gasteiger partial charge in [-0.05, 0) is 24.7 Å². The zero-order valence-electron chi connectivity index (χ0n) is 11.4. The molecule has 19 heavy (non-hydrogen) atoms. The predicted octanol–water partition coefficient (Wildman–Crippen LogP) is 1.32. The fourth-order valence-electron chi connectivity index (χ4n) is 2.81. The minimum atomic E-state index is -0.182. The Balaban J connectivity index is 2.01. The molecule has 1 fully saturated rings. The monoisotopic (exact) mass is 263 g/mol. The summed E-state index contributed by atoms with van der Waals surface area (Å²) in [7, 11) is 0. The standard InChI is InChI=1S/C13H21N5O/c1-3-9-4-5-10(8(9)2)17-13(19)11-6-15-7-12(16-11)18-14/h6-10H,3-5,14H2,1-2H3,(H,16,18)(H,17,19). The summed E-state index contributed by atoms with van der Waals surface area (Å²) in [6, 6.07) is 0.230. The summed E-state index contributed by atoms with van der Waals surface area (Å²) in [5.74, 6) is 6.68. The number of carbonyl (C=O) groups is 1. The van der Waals surface area contributed by atoms with Crippen LogP contribution in [0, 0.1) is 11.8 Å². The zero-order chi connectivity index (χ0) is 13.8. The maximum Gasteiger partial charge on any atom is 0.271 e. The molecular formula is C13H21N5O. The number of carbonyl (C=O) groups excluding carboxylic acids is 1. The number of rotatable bonds is 4. The lowest BCUT2D eigenvalue weighted by Gasteiger charge is -2.20. The molecule has 0 spiro atoms. The molecule has 6 nitrogen and oxygen atoms in total. The first kappa shape index (κ1) is 13.7. The second-order valence-electron chi connectivity index (χ2n) is 5.12. The molecule has 1 saturated carbocycles. The van der Waals surface area contributed by atoms with Gasteiger partial charge in [0.2, 0.25) is 0 Å². The lowest BCUT2D eigenvalue weighted by atomic mass is 9.93. The highest BCUT2D eigenvalue weighted by molar-refractivity contribution is 5.92. The largest absolute Gasteiger partial charge is 0.348 e. The molecule has 4 N–H and O–H groups in total. The number of aromatic nitrogens is 2. The smallest absolute Gasteiger partial charge is 0.271 e. The van der Waals surface area contributed by atoms with Crippen LogP contribution in [0.3, 0.4) is 0 Å². The maximum atomic E-state index is 12.1. The number of hydrogen-bond donors (Lipinski definition) is 3. The van der Waals surface area contributed by atoms with Crippen LogP contribution >= 0.6 is 0 Å². The number of nitrogens with two attached hydrogens (primary N) is 1. The van der Waals surface area contributed by atoms with Crippen LogP contribution < -0.4 is 16.6 Å². The van der Waals surface area contributed by atoms with E-state index in [1.54, 1.807) is 0 Å². The summed E-state index contributed by atoms with van der Waals surface area (Å²) >= 11 is 0. The Morgan fingerprint density at radius 3 is 2.89 bits per heavy atom. The highest BCUT2D eigenvalue weighted by atomic mass is 16.2. The summed E-state index contributed by atoms with van der Waals surface area (Å²) < 4.78 is 0. The molecule has 2 rings (SSSR count). The van der Waals surface area contributed by atoms with E-state index >= 15 is 0 Å². The number of hydrazine groups is 1. The third kappa shape index (κ3) is 3.01. The van der Waals surface area contributed by atoms with Gasteiger partial charge in [0.15, 0.2) is 5.82 Å². The van der Waals surface area contributed by atoms with E-state index < -0.39 is 0 Å². The van der Waals surface area contributed by atoms with Gasteiger partial charge >= 0.3 is 0 Å². The maximum absolute atomic E-state index is 12.1. The van der Waals surface area contributed by atoms with Crippen LogP contribution in [0.25, 0.3) is 0 Å². The van der Waals surface area contributed by atoms with Gasteiger partial charge in [-0.15, -0.1) is 0 Å². The van der Waals surface area contributed by atoms with Crippen LogP contribution in [0.1, 0.15) is 43.6 Å². The van der Waals surface area contributed by atoms with Gasteiger partial charge < -0.3 is 10.7 Å². The Morgan fingerprint density at radius 2 is 2.26 bits per heavy atom. The SMILES string of the molecule is CCC1CCC(NC(=O)c2cncc(NN)n2)C1C. The molecule has 0 aromatic carbocycles. The molecule has 1 heterocycles. The van der Waals surface area contributed by atoms with Crippen molar-refractivity contribution >= 4 is 11.7 Å². The topological polar surface area (TPSA) is 92.9 Å². The number of anilines is 1. The van der Waals surface area contributed by atoms with Gasteiger partial charge in [0, 0.05) is 6.04 Å². The van der Waals surface area contributed by atoms with Crippen molar-refractivity contribution in [2.24, 2.45) is 17.7 Å². The van der Waals surface area contributed by atoms with E-state index in [0.717, 1.165) is 6.42 Å². The average molecular weight is 263 g/mol. The van der Waals surface area contributed by atoms with E-state index in [0.29, 0.717) is 23.3 Å². The van der Waals surface area contributed by atoms with Crippen LogP contribution in [0.4, 0.5) is 5.82 Å². The Bertz CT molecular complexity index is 450. The molecule has 1 aliphatic rings. The summed E-state index contributed by atoms with van der Waals surface area (Å²) in [5, 5.41) is 3.05. The minimum absolute atomic E-state index is 0.182. The normalized spacial score (nSPS) is 26.2. The second kappa shape index (κ2) is 5.97. The van der Waals surface area contributed by atoms with E-state index in [1.807, 2.05) is 0 Å². The first-order chi connectivity index (χ1) is 9.15. The molecule has 3 unspecified atom stereocenters. The van der Waals surface area contributed by atoms with Gasteiger partial charge in [0.05, 0.1) is 12.4 Å².